The van der Waals surface area contributed by atoms with Gasteiger partial charge >= 0.3 is 29.6 Å². The first-order valence-electron chi connectivity index (χ1n) is 11.0. The van der Waals surface area contributed by atoms with Crippen LogP contribution in [0.3, 0.4) is 0 Å². The first-order chi connectivity index (χ1) is 16.3. The Balaban J connectivity index is 0.00000432. The smallest absolute Gasteiger partial charge is 0.550 e. The molecule has 2 atom stereocenters. The first kappa shape index (κ1) is 28.7. The number of halogens is 2. The van der Waals surface area contributed by atoms with Gasteiger partial charge in [0.15, 0.2) is 0 Å². The van der Waals surface area contributed by atoms with E-state index in [1.54, 1.807) is 24.3 Å². The van der Waals surface area contributed by atoms with Crippen LogP contribution in [0.5, 0.6) is 0 Å². The summed E-state index contributed by atoms with van der Waals surface area (Å²) >= 11 is 0. The van der Waals surface area contributed by atoms with E-state index in [-0.39, 0.29) is 47.6 Å². The van der Waals surface area contributed by atoms with Gasteiger partial charge in [-0.1, -0.05) is 49.5 Å². The monoisotopic (exact) mass is 486 g/mol. The molecule has 0 aliphatic carbocycles. The van der Waals surface area contributed by atoms with Gasteiger partial charge in [-0.3, -0.25) is 0 Å². The van der Waals surface area contributed by atoms with Crippen molar-refractivity contribution in [3.05, 3.63) is 83.4 Å². The second kappa shape index (κ2) is 13.5. The minimum Gasteiger partial charge on any atom is -0.550 e. The molecule has 0 bridgehead atoms. The summed E-state index contributed by atoms with van der Waals surface area (Å²) in [5.41, 5.74) is 4.65. The number of hydrogen-bond acceptors (Lipinski definition) is 4. The molecule has 0 unspecified atom stereocenters. The van der Waals surface area contributed by atoms with Crippen LogP contribution >= 0.6 is 0 Å². The quantitative estimate of drug-likeness (QED) is 0.366. The third-order valence-electron chi connectivity index (χ3n) is 5.33. The number of benzene rings is 3. The number of aryl methyl sites for hydroxylation is 1. The number of rotatable bonds is 8. The van der Waals surface area contributed by atoms with E-state index in [1.807, 2.05) is 19.1 Å². The SMILES string of the molecule is CCCc1cc(-c2ccc(F)cc2)cc(-c2ccc(F)cc2)c1C#C[C@@H](O)C[C@@H](O)CC(=O)[O-].[Na+]. The Morgan fingerprint density at radius 2 is 1.51 bits per heavy atom. The fourth-order valence-corrected chi connectivity index (χ4v) is 3.73. The Hall–Kier alpha value is -2.53. The molecule has 0 saturated carbocycles. The van der Waals surface area contributed by atoms with Crippen LogP contribution in [0.15, 0.2) is 60.7 Å². The van der Waals surface area contributed by atoms with Gasteiger partial charge in [-0.25, -0.2) is 8.78 Å². The maximum atomic E-state index is 13.6. The summed E-state index contributed by atoms with van der Waals surface area (Å²) in [6.07, 6.45) is -1.85. The molecule has 7 heteroatoms. The predicted octanol–water partition coefficient (Wildman–Crippen LogP) is 0.859. The van der Waals surface area contributed by atoms with Crippen molar-refractivity contribution in [2.45, 2.75) is 44.8 Å². The van der Waals surface area contributed by atoms with Crippen LogP contribution in [-0.4, -0.2) is 28.4 Å². The zero-order valence-electron chi connectivity index (χ0n) is 19.7. The zero-order valence-corrected chi connectivity index (χ0v) is 21.7. The van der Waals surface area contributed by atoms with Crippen LogP contribution in [0.1, 0.15) is 37.3 Å². The number of carbonyl (C=O) groups is 1. The van der Waals surface area contributed by atoms with E-state index in [0.717, 1.165) is 34.2 Å². The zero-order chi connectivity index (χ0) is 24.7. The van der Waals surface area contributed by atoms with E-state index in [4.69, 9.17) is 0 Å². The maximum absolute atomic E-state index is 13.6. The second-order valence-corrected chi connectivity index (χ2v) is 8.07. The molecule has 0 fully saturated rings. The molecule has 35 heavy (non-hydrogen) atoms. The number of aliphatic hydroxyl groups is 2. The topological polar surface area (TPSA) is 80.6 Å². The fraction of sp³-hybridized carbons (Fsp3) is 0.250. The van der Waals surface area contributed by atoms with Crippen molar-refractivity contribution in [2.75, 3.05) is 0 Å². The number of aliphatic carboxylic acids is 1. The molecule has 0 aliphatic heterocycles. The number of hydrogen-bond donors (Lipinski definition) is 2. The molecule has 0 radical (unpaired) electrons. The molecule has 0 heterocycles. The van der Waals surface area contributed by atoms with Gasteiger partial charge in [-0.15, -0.1) is 0 Å². The van der Waals surface area contributed by atoms with Crippen LogP contribution in [0.25, 0.3) is 22.3 Å². The maximum Gasteiger partial charge on any atom is 1.00 e. The number of carboxylic acid groups (broad SMARTS) is 1. The normalized spacial score (nSPS) is 12.1. The van der Waals surface area contributed by atoms with Crippen LogP contribution in [0, 0.1) is 23.5 Å². The molecule has 0 amide bonds. The van der Waals surface area contributed by atoms with Gasteiger partial charge in [0.2, 0.25) is 0 Å². The minimum absolute atomic E-state index is 0. The van der Waals surface area contributed by atoms with E-state index in [2.05, 4.69) is 11.8 Å². The van der Waals surface area contributed by atoms with Gasteiger partial charge in [0.1, 0.15) is 17.7 Å². The van der Waals surface area contributed by atoms with Crippen LogP contribution in [0.2, 0.25) is 0 Å². The van der Waals surface area contributed by atoms with E-state index in [0.29, 0.717) is 12.0 Å². The predicted molar refractivity (Wildman–Crippen MR) is 124 cm³/mol. The molecular weight excluding hydrogens is 461 g/mol. The number of carbonyl (C=O) groups excluding carboxylic acids is 1. The van der Waals surface area contributed by atoms with Crippen LogP contribution < -0.4 is 34.7 Å². The molecule has 0 saturated heterocycles. The van der Waals surface area contributed by atoms with Gasteiger partial charge in [0.25, 0.3) is 0 Å². The van der Waals surface area contributed by atoms with Crippen molar-refractivity contribution in [1.82, 2.24) is 0 Å². The van der Waals surface area contributed by atoms with Crippen LogP contribution in [0.4, 0.5) is 8.78 Å². The van der Waals surface area contributed by atoms with E-state index in [1.165, 1.54) is 24.3 Å². The molecule has 0 spiro atoms. The molecule has 3 aromatic rings. The molecule has 2 N–H and O–H groups in total. The van der Waals surface area contributed by atoms with Gasteiger partial charge in [0.05, 0.1) is 6.10 Å². The molecule has 0 aliphatic rings. The fourth-order valence-electron chi connectivity index (χ4n) is 3.73. The summed E-state index contributed by atoms with van der Waals surface area (Å²) in [6.45, 7) is 2.02. The summed E-state index contributed by atoms with van der Waals surface area (Å²) in [5, 5.41) is 30.6. The minimum atomic E-state index is -1.41. The summed E-state index contributed by atoms with van der Waals surface area (Å²) < 4.78 is 27.0. The number of carboxylic acids is 1. The van der Waals surface area contributed by atoms with Gasteiger partial charge in [-0.2, -0.15) is 0 Å². The van der Waals surface area contributed by atoms with Gasteiger partial charge in [0, 0.05) is 24.4 Å². The summed E-state index contributed by atoms with van der Waals surface area (Å²) in [4.78, 5) is 10.6. The third kappa shape index (κ3) is 8.28. The number of aliphatic hydroxyl groups excluding tert-OH is 2. The average molecular weight is 486 g/mol. The Morgan fingerprint density at radius 1 is 0.943 bits per heavy atom. The van der Waals surface area contributed by atoms with Crippen molar-refractivity contribution < 1.29 is 58.5 Å². The Labute approximate surface area is 225 Å². The molecular formula is C28H25F2NaO4. The Bertz CT molecular complexity index is 1200. The standard InChI is InChI=1S/C28H26F2O4.Na/c1-2-3-20-14-21(18-4-8-22(29)9-5-18)15-27(19-6-10-23(30)11-7-19)26(20)13-12-24(31)16-25(32)17-28(33)34;/h4-11,14-15,24-25,31-32H,2-3,16-17H2,1H3,(H,33,34);/q;+1/p-1/t24-,25-;/m1./s1. The Morgan fingerprint density at radius 3 is 2.06 bits per heavy atom. The van der Waals surface area contributed by atoms with Crippen molar-refractivity contribution in [3.63, 3.8) is 0 Å². The van der Waals surface area contributed by atoms with Crippen molar-refractivity contribution in [1.29, 1.82) is 0 Å². The Kier molecular flexibility index (Phi) is 11.1. The summed E-state index contributed by atoms with van der Waals surface area (Å²) in [7, 11) is 0. The third-order valence-corrected chi connectivity index (χ3v) is 5.33. The van der Waals surface area contributed by atoms with E-state index in [9.17, 15) is 28.9 Å². The molecule has 4 nitrogen and oxygen atoms in total. The molecule has 3 aromatic carbocycles. The first-order valence-corrected chi connectivity index (χ1v) is 11.0. The van der Waals surface area contributed by atoms with Crippen molar-refractivity contribution in [3.8, 4) is 34.1 Å². The molecule has 3 rings (SSSR count). The van der Waals surface area contributed by atoms with Crippen molar-refractivity contribution >= 4 is 5.97 Å². The average Bonchev–Trinajstić information content (AvgIpc) is 2.78. The van der Waals surface area contributed by atoms with Crippen molar-refractivity contribution in [2.24, 2.45) is 0 Å². The molecule has 0 aromatic heterocycles. The molecule has 176 valence electrons. The van der Waals surface area contributed by atoms with Gasteiger partial charge < -0.3 is 20.1 Å². The van der Waals surface area contributed by atoms with E-state index >= 15 is 0 Å². The van der Waals surface area contributed by atoms with E-state index < -0.39 is 24.6 Å². The second-order valence-electron chi connectivity index (χ2n) is 8.07. The summed E-state index contributed by atoms with van der Waals surface area (Å²) in [5.74, 6) is 3.57. The van der Waals surface area contributed by atoms with Gasteiger partial charge in [-0.05, 0) is 70.6 Å². The summed E-state index contributed by atoms with van der Waals surface area (Å²) in [6, 6.07) is 16.0. The van der Waals surface area contributed by atoms with Crippen LogP contribution in [-0.2, 0) is 11.2 Å². The largest absolute Gasteiger partial charge is 1.00 e.